The van der Waals surface area contributed by atoms with Crippen molar-refractivity contribution in [2.75, 3.05) is 0 Å². The first-order valence-electron chi connectivity index (χ1n) is 4.97. The molecule has 0 aromatic heterocycles. The lowest BCUT2D eigenvalue weighted by molar-refractivity contribution is 0.484. The summed E-state index contributed by atoms with van der Waals surface area (Å²) in [6.45, 7) is 0. The summed E-state index contributed by atoms with van der Waals surface area (Å²) in [7, 11) is -2.17. The smallest absolute Gasteiger partial charge is 0.139 e. The van der Waals surface area contributed by atoms with Crippen LogP contribution in [0.5, 0.6) is 11.5 Å². The Hall–Kier alpha value is -0.870. The summed E-state index contributed by atoms with van der Waals surface area (Å²) in [5, 5.41) is 1.13. The van der Waals surface area contributed by atoms with Crippen LogP contribution >= 0.6 is 30.4 Å². The van der Waals surface area contributed by atoms with Gasteiger partial charge in [0, 0.05) is 3.57 Å². The largest absolute Gasteiger partial charge is 0.456 e. The molecular weight excluding hydrogens is 353 g/mol. The summed E-state index contributed by atoms with van der Waals surface area (Å²) in [5.74, 6) is 0.706. The minimum absolute atomic E-state index is 0.389. The second-order valence-electron chi connectivity index (χ2n) is 3.71. The van der Waals surface area contributed by atoms with Gasteiger partial charge >= 0.3 is 0 Å². The van der Waals surface area contributed by atoms with Crippen molar-refractivity contribution in [1.82, 2.24) is 0 Å². The Kier molecular flexibility index (Phi) is 2.71. The highest BCUT2D eigenvalue weighted by molar-refractivity contribution is 14.1. The first kappa shape index (κ1) is 11.2. The van der Waals surface area contributed by atoms with Gasteiger partial charge in [-0.2, -0.15) is 0 Å². The first-order valence-corrected chi connectivity index (χ1v) is 7.45. The summed E-state index contributed by atoms with van der Waals surface area (Å²) in [5.41, 5.74) is 0. The molecule has 0 spiro atoms. The van der Waals surface area contributed by atoms with Crippen molar-refractivity contribution < 1.29 is 13.7 Å². The maximum Gasteiger partial charge on any atom is 0.139 e. The fourth-order valence-electron chi connectivity index (χ4n) is 1.80. The van der Waals surface area contributed by atoms with E-state index in [-0.39, 0.29) is 5.82 Å². The molecule has 0 saturated heterocycles. The van der Waals surface area contributed by atoms with Gasteiger partial charge in [0.1, 0.15) is 25.1 Å². The Morgan fingerprint density at radius 3 is 2.47 bits per heavy atom. The standard InChI is InChI=1S/C12H7FIO2P/c13-7-1-3-9-11(5-7)17(15)12-6-8(14)2-4-10(12)16-9/h1-6,17H. The van der Waals surface area contributed by atoms with Gasteiger partial charge < -0.3 is 9.30 Å². The Morgan fingerprint density at radius 2 is 1.71 bits per heavy atom. The lowest BCUT2D eigenvalue weighted by Gasteiger charge is -2.19. The van der Waals surface area contributed by atoms with Gasteiger partial charge in [-0.1, -0.05) is 0 Å². The van der Waals surface area contributed by atoms with Crippen molar-refractivity contribution in [3.05, 3.63) is 45.8 Å². The van der Waals surface area contributed by atoms with E-state index in [0.29, 0.717) is 22.1 Å². The number of benzene rings is 2. The highest BCUT2D eigenvalue weighted by Gasteiger charge is 2.24. The SMILES string of the molecule is O=[PH]1c2cc(F)ccc2Oc2ccc(I)cc21. The molecule has 0 aliphatic carbocycles. The van der Waals surface area contributed by atoms with Crippen molar-refractivity contribution in [1.29, 1.82) is 0 Å². The molecule has 1 atom stereocenters. The molecule has 1 heterocycles. The number of halogens is 2. The van der Waals surface area contributed by atoms with Crippen molar-refractivity contribution in [2.45, 2.75) is 0 Å². The van der Waals surface area contributed by atoms with Crippen LogP contribution in [-0.2, 0) is 4.57 Å². The molecule has 0 fully saturated rings. The van der Waals surface area contributed by atoms with E-state index < -0.39 is 7.80 Å². The molecule has 2 aromatic rings. The van der Waals surface area contributed by atoms with E-state index in [1.165, 1.54) is 18.2 Å². The fraction of sp³-hybridized carbons (Fsp3) is 0. The topological polar surface area (TPSA) is 26.3 Å². The maximum atomic E-state index is 13.1. The Balaban J connectivity index is 2.21. The van der Waals surface area contributed by atoms with Crippen molar-refractivity contribution >= 4 is 41.0 Å². The molecule has 1 unspecified atom stereocenters. The molecule has 0 saturated carbocycles. The minimum atomic E-state index is -2.17. The second kappa shape index (κ2) is 4.10. The van der Waals surface area contributed by atoms with Gasteiger partial charge in [-0.15, -0.1) is 0 Å². The van der Waals surface area contributed by atoms with E-state index >= 15 is 0 Å². The van der Waals surface area contributed by atoms with Crippen molar-refractivity contribution in [3.63, 3.8) is 0 Å². The zero-order valence-electron chi connectivity index (χ0n) is 8.54. The van der Waals surface area contributed by atoms with Crippen LogP contribution < -0.4 is 15.3 Å². The Morgan fingerprint density at radius 1 is 1.06 bits per heavy atom. The van der Waals surface area contributed by atoms with Gasteiger partial charge in [0.2, 0.25) is 0 Å². The van der Waals surface area contributed by atoms with Crippen LogP contribution in [-0.4, -0.2) is 0 Å². The molecule has 5 heteroatoms. The average Bonchev–Trinajstić information content (AvgIpc) is 2.32. The number of rotatable bonds is 0. The van der Waals surface area contributed by atoms with Crippen molar-refractivity contribution in [2.24, 2.45) is 0 Å². The quantitative estimate of drug-likeness (QED) is 0.455. The van der Waals surface area contributed by atoms with Gasteiger partial charge in [0.15, 0.2) is 0 Å². The maximum absolute atomic E-state index is 13.1. The van der Waals surface area contributed by atoms with Crippen LogP contribution in [0, 0.1) is 9.39 Å². The zero-order chi connectivity index (χ0) is 12.0. The van der Waals surface area contributed by atoms with Crippen molar-refractivity contribution in [3.8, 4) is 11.5 Å². The highest BCUT2D eigenvalue weighted by Crippen LogP contribution is 2.37. The van der Waals surface area contributed by atoms with Crippen LogP contribution in [0.1, 0.15) is 0 Å². The number of ether oxygens (including phenoxy) is 1. The molecule has 3 rings (SSSR count). The van der Waals surface area contributed by atoms with Crippen LogP contribution in [0.3, 0.4) is 0 Å². The predicted molar refractivity (Wildman–Crippen MR) is 73.9 cm³/mol. The lowest BCUT2D eigenvalue weighted by Crippen LogP contribution is -2.18. The molecule has 17 heavy (non-hydrogen) atoms. The second-order valence-corrected chi connectivity index (χ2v) is 6.69. The fourth-order valence-corrected chi connectivity index (χ4v) is 4.15. The molecule has 86 valence electrons. The Labute approximate surface area is 112 Å². The normalized spacial score (nSPS) is 16.9. The van der Waals surface area contributed by atoms with Crippen LogP contribution in [0.25, 0.3) is 0 Å². The predicted octanol–water partition coefficient (Wildman–Crippen LogP) is 3.05. The van der Waals surface area contributed by atoms with E-state index in [0.717, 1.165) is 3.57 Å². The molecule has 0 amide bonds. The van der Waals surface area contributed by atoms with Crippen LogP contribution in [0.4, 0.5) is 4.39 Å². The lowest BCUT2D eigenvalue weighted by atomic mass is 10.3. The average molecular weight is 360 g/mol. The molecule has 0 bridgehead atoms. The van der Waals surface area contributed by atoms with E-state index in [2.05, 4.69) is 22.6 Å². The molecule has 0 N–H and O–H groups in total. The van der Waals surface area contributed by atoms with E-state index in [1.807, 2.05) is 12.1 Å². The summed E-state index contributed by atoms with van der Waals surface area (Å²) in [4.78, 5) is 0. The molecule has 1 aliphatic rings. The molecule has 2 nitrogen and oxygen atoms in total. The van der Waals surface area contributed by atoms with Gasteiger partial charge in [0.05, 0.1) is 10.6 Å². The number of hydrogen-bond donors (Lipinski definition) is 0. The van der Waals surface area contributed by atoms with Gasteiger partial charge in [-0.3, -0.25) is 0 Å². The summed E-state index contributed by atoms with van der Waals surface area (Å²) >= 11 is 2.15. The number of fused-ring (bicyclic) bond motifs is 2. The molecule has 2 aromatic carbocycles. The molecular formula is C12H7FIO2P. The monoisotopic (exact) mass is 360 g/mol. The van der Waals surface area contributed by atoms with Crippen LogP contribution in [0.2, 0.25) is 0 Å². The Bertz CT molecular complexity index is 589. The number of hydrogen-bond acceptors (Lipinski definition) is 2. The third-order valence-electron chi connectivity index (χ3n) is 2.59. The van der Waals surface area contributed by atoms with E-state index in [9.17, 15) is 8.96 Å². The molecule has 1 aliphatic heterocycles. The van der Waals surface area contributed by atoms with E-state index in [1.54, 1.807) is 6.07 Å². The summed E-state index contributed by atoms with van der Waals surface area (Å²) in [6.07, 6.45) is 0. The molecule has 0 radical (unpaired) electrons. The summed E-state index contributed by atoms with van der Waals surface area (Å²) in [6, 6.07) is 9.64. The zero-order valence-corrected chi connectivity index (χ0v) is 11.7. The third-order valence-corrected chi connectivity index (χ3v) is 5.02. The van der Waals surface area contributed by atoms with Gasteiger partial charge in [-0.25, -0.2) is 4.39 Å². The highest BCUT2D eigenvalue weighted by atomic mass is 127. The van der Waals surface area contributed by atoms with Gasteiger partial charge in [0.25, 0.3) is 0 Å². The minimum Gasteiger partial charge on any atom is -0.456 e. The first-order chi connectivity index (χ1) is 8.15. The summed E-state index contributed by atoms with van der Waals surface area (Å²) < 4.78 is 32.1. The van der Waals surface area contributed by atoms with E-state index in [4.69, 9.17) is 4.74 Å². The van der Waals surface area contributed by atoms with Crippen LogP contribution in [0.15, 0.2) is 36.4 Å². The van der Waals surface area contributed by atoms with Gasteiger partial charge in [-0.05, 0) is 59.0 Å². The third kappa shape index (κ3) is 1.89.